The van der Waals surface area contributed by atoms with E-state index < -0.39 is 23.9 Å². The molecule has 0 radical (unpaired) electrons. The average Bonchev–Trinajstić information content (AvgIpc) is 2.57. The highest BCUT2D eigenvalue weighted by atomic mass is 127. The van der Waals surface area contributed by atoms with E-state index in [1.54, 1.807) is 0 Å². The SMILES string of the molecule is CC(=O)O.CC(=O)O.CC(=O)O.CC(=O)O.Cc1ccc([I+]c2ccc(C)cc2)cc1. The fraction of sp³-hybridized carbons (Fsp3) is 0.273. The van der Waals surface area contributed by atoms with Crippen molar-refractivity contribution >= 4 is 23.9 Å². The number of carbonyl (C=O) groups is 4. The van der Waals surface area contributed by atoms with Gasteiger partial charge in [0.1, 0.15) is 0 Å². The van der Waals surface area contributed by atoms with E-state index in [1.165, 1.54) is 18.3 Å². The number of halogens is 1. The van der Waals surface area contributed by atoms with Crippen LogP contribution >= 0.6 is 0 Å². The van der Waals surface area contributed by atoms with Crippen molar-refractivity contribution in [3.63, 3.8) is 0 Å². The van der Waals surface area contributed by atoms with Gasteiger partial charge in [-0.3, -0.25) is 19.2 Å². The van der Waals surface area contributed by atoms with Crippen LogP contribution < -0.4 is 21.2 Å². The van der Waals surface area contributed by atoms with Gasteiger partial charge in [0.25, 0.3) is 23.9 Å². The molecule has 0 atom stereocenters. The molecule has 0 aliphatic carbocycles. The summed E-state index contributed by atoms with van der Waals surface area (Å²) in [6.45, 7) is 8.60. The Morgan fingerprint density at radius 3 is 0.839 bits per heavy atom. The number of carboxylic acid groups (broad SMARTS) is 4. The van der Waals surface area contributed by atoms with Crippen molar-refractivity contribution in [2.24, 2.45) is 0 Å². The van der Waals surface area contributed by atoms with Gasteiger partial charge in [-0.2, -0.15) is 0 Å². The van der Waals surface area contributed by atoms with Crippen LogP contribution in [0.3, 0.4) is 0 Å². The Morgan fingerprint density at radius 1 is 0.516 bits per heavy atom. The van der Waals surface area contributed by atoms with Gasteiger partial charge in [0.05, 0.1) is 0 Å². The maximum Gasteiger partial charge on any atom is 0.357 e. The van der Waals surface area contributed by atoms with Crippen LogP contribution in [-0.4, -0.2) is 44.3 Å². The zero-order valence-corrected chi connectivity index (χ0v) is 20.6. The van der Waals surface area contributed by atoms with Crippen LogP contribution in [0.15, 0.2) is 48.5 Å². The summed E-state index contributed by atoms with van der Waals surface area (Å²) in [6.07, 6.45) is 0. The number of rotatable bonds is 2. The Hall–Kier alpha value is -2.95. The van der Waals surface area contributed by atoms with Crippen LogP contribution in [0.4, 0.5) is 0 Å². The second-order valence-corrected chi connectivity index (χ2v) is 8.79. The number of carboxylic acids is 4. The lowest BCUT2D eigenvalue weighted by Gasteiger charge is -1.90. The monoisotopic (exact) mass is 549 g/mol. The van der Waals surface area contributed by atoms with Crippen LogP contribution in [0.1, 0.15) is 38.8 Å². The van der Waals surface area contributed by atoms with Crippen molar-refractivity contribution in [2.75, 3.05) is 0 Å². The van der Waals surface area contributed by atoms with Gasteiger partial charge in [-0.15, -0.1) is 0 Å². The van der Waals surface area contributed by atoms with E-state index in [4.69, 9.17) is 39.6 Å². The standard InChI is InChI=1S/C14H14I.4C2H4O2/c1-11-3-7-13(8-4-11)15-14-9-5-12(2)6-10-14;4*1-2(3)4/h3-10H,1-2H3;4*1H3,(H,3,4)/q+1;;;;. The first-order valence-corrected chi connectivity index (χ1v) is 10.9. The number of aryl methyl sites for hydroxylation is 2. The van der Waals surface area contributed by atoms with Gasteiger partial charge < -0.3 is 20.4 Å². The van der Waals surface area contributed by atoms with Gasteiger partial charge in [-0.25, -0.2) is 0 Å². The molecule has 0 aliphatic heterocycles. The van der Waals surface area contributed by atoms with E-state index in [1.807, 2.05) is 0 Å². The number of benzene rings is 2. The third-order valence-corrected chi connectivity index (χ3v) is 4.92. The van der Waals surface area contributed by atoms with Crippen molar-refractivity contribution in [1.29, 1.82) is 0 Å². The van der Waals surface area contributed by atoms with Crippen LogP contribution in [0, 0.1) is 21.0 Å². The highest BCUT2D eigenvalue weighted by molar-refractivity contribution is 5.63. The molecule has 4 N–H and O–H groups in total. The van der Waals surface area contributed by atoms with Crippen LogP contribution in [0.25, 0.3) is 0 Å². The van der Waals surface area contributed by atoms with E-state index in [-0.39, 0.29) is 21.2 Å². The highest BCUT2D eigenvalue weighted by Gasteiger charge is 2.13. The molecule has 8 nitrogen and oxygen atoms in total. The topological polar surface area (TPSA) is 149 Å². The minimum Gasteiger partial charge on any atom is -0.481 e. The van der Waals surface area contributed by atoms with E-state index in [9.17, 15) is 0 Å². The van der Waals surface area contributed by atoms with E-state index >= 15 is 0 Å². The van der Waals surface area contributed by atoms with Gasteiger partial charge in [-0.05, 0) is 38.1 Å². The Bertz CT molecular complexity index is 677. The van der Waals surface area contributed by atoms with Gasteiger partial charge >= 0.3 is 21.2 Å². The Labute approximate surface area is 192 Å². The summed E-state index contributed by atoms with van der Waals surface area (Å²) < 4.78 is 2.98. The van der Waals surface area contributed by atoms with Crippen molar-refractivity contribution in [1.82, 2.24) is 0 Å². The fourth-order valence-corrected chi connectivity index (χ4v) is 3.48. The van der Waals surface area contributed by atoms with Gasteiger partial charge in [0, 0.05) is 27.7 Å². The normalized spacial score (nSPS) is 8.19. The molecule has 0 aliphatic rings. The molecule has 0 saturated carbocycles. The zero-order chi connectivity index (χ0) is 25.0. The van der Waals surface area contributed by atoms with Gasteiger partial charge in [0.15, 0.2) is 7.14 Å². The Kier molecular flexibility index (Phi) is 21.4. The Morgan fingerprint density at radius 2 is 0.677 bits per heavy atom. The third-order valence-electron chi connectivity index (χ3n) is 2.24. The molecular weight excluding hydrogens is 519 g/mol. The first-order chi connectivity index (χ1) is 14.2. The van der Waals surface area contributed by atoms with Crippen molar-refractivity contribution < 1.29 is 60.8 Å². The smallest absolute Gasteiger partial charge is 0.357 e. The molecule has 0 aromatic heterocycles. The summed E-state index contributed by atoms with van der Waals surface area (Å²) in [5.41, 5.74) is 2.68. The maximum atomic E-state index is 9.00. The van der Waals surface area contributed by atoms with Crippen molar-refractivity contribution in [3.8, 4) is 0 Å². The molecule has 0 unspecified atom stereocenters. The summed E-state index contributed by atoms with van der Waals surface area (Å²) >= 11 is 0.00313. The van der Waals surface area contributed by atoms with Gasteiger partial charge in [0.2, 0.25) is 0 Å². The quantitative estimate of drug-likeness (QED) is 0.402. The molecule has 31 heavy (non-hydrogen) atoms. The first kappa shape index (κ1) is 32.7. The molecule has 2 rings (SSSR count). The minimum absolute atomic E-state index is 0.00313. The van der Waals surface area contributed by atoms with E-state index in [0.717, 1.165) is 27.7 Å². The molecule has 0 amide bonds. The summed E-state index contributed by atoms with van der Waals surface area (Å²) in [5.74, 6) is -3.33. The molecule has 0 bridgehead atoms. The molecule has 0 heterocycles. The molecule has 0 fully saturated rings. The summed E-state index contributed by atoms with van der Waals surface area (Å²) in [6, 6.07) is 17.8. The lowest BCUT2D eigenvalue weighted by atomic mass is 10.2. The maximum absolute atomic E-state index is 9.00. The molecule has 0 spiro atoms. The lowest BCUT2D eigenvalue weighted by Crippen LogP contribution is -3.61. The lowest BCUT2D eigenvalue weighted by molar-refractivity contribution is -0.597. The molecule has 9 heteroatoms. The predicted octanol–water partition coefficient (Wildman–Crippen LogP) is 0.795. The summed E-state index contributed by atoms with van der Waals surface area (Å²) in [5, 5.41) is 29.7. The molecule has 2 aromatic carbocycles. The third kappa shape index (κ3) is 38.3. The van der Waals surface area contributed by atoms with E-state index in [2.05, 4.69) is 62.4 Å². The predicted molar refractivity (Wildman–Crippen MR) is 113 cm³/mol. The van der Waals surface area contributed by atoms with Crippen molar-refractivity contribution in [2.45, 2.75) is 41.5 Å². The first-order valence-electron chi connectivity index (χ1n) is 8.73. The molecular formula is C22H30IO8+. The van der Waals surface area contributed by atoms with Crippen LogP contribution in [0.2, 0.25) is 0 Å². The second-order valence-electron chi connectivity index (χ2n) is 5.76. The molecule has 2 aromatic rings. The molecule has 0 saturated heterocycles. The van der Waals surface area contributed by atoms with Gasteiger partial charge in [-0.1, -0.05) is 35.4 Å². The minimum atomic E-state index is -0.833. The Balaban J connectivity index is -0.000000404. The van der Waals surface area contributed by atoms with Crippen molar-refractivity contribution in [3.05, 3.63) is 66.8 Å². The van der Waals surface area contributed by atoms with E-state index in [0.29, 0.717) is 0 Å². The van der Waals surface area contributed by atoms with Crippen LogP contribution in [0.5, 0.6) is 0 Å². The van der Waals surface area contributed by atoms with Crippen LogP contribution in [-0.2, 0) is 19.2 Å². The fourth-order valence-electron chi connectivity index (χ4n) is 1.32. The second kappa shape index (κ2) is 20.3. The molecule has 172 valence electrons. The number of hydrogen-bond acceptors (Lipinski definition) is 4. The average molecular weight is 549 g/mol. The zero-order valence-electron chi connectivity index (χ0n) is 18.4. The number of aliphatic carboxylic acids is 4. The summed E-state index contributed by atoms with van der Waals surface area (Å²) in [7, 11) is 0. The summed E-state index contributed by atoms with van der Waals surface area (Å²) in [4.78, 5) is 36.0. The largest absolute Gasteiger partial charge is 0.481 e. The highest BCUT2D eigenvalue weighted by Crippen LogP contribution is 1.95. The number of hydrogen-bond donors (Lipinski definition) is 4.